The molecule has 1 heterocycles. The lowest BCUT2D eigenvalue weighted by atomic mass is 10.2. The Morgan fingerprint density at radius 2 is 2.14 bits per heavy atom. The molecule has 0 aliphatic heterocycles. The number of pyridine rings is 1. The number of fused-ring (bicyclic) bond motifs is 1. The third-order valence-corrected chi connectivity index (χ3v) is 2.84. The molecule has 1 aromatic carbocycles. The molecule has 0 spiro atoms. The minimum absolute atomic E-state index is 0.526. The number of ether oxygens (including phenoxy) is 1. The number of benzene rings is 1. The van der Waals surface area contributed by atoms with Gasteiger partial charge in [-0.25, -0.2) is 0 Å². The van der Waals surface area contributed by atoms with Gasteiger partial charge < -0.3 is 9.94 Å². The highest BCUT2D eigenvalue weighted by Gasteiger charge is 2.07. The van der Waals surface area contributed by atoms with Gasteiger partial charge in [-0.05, 0) is 23.6 Å². The van der Waals surface area contributed by atoms with E-state index in [1.165, 1.54) is 6.20 Å². The first kappa shape index (κ1) is 9.27. The first-order chi connectivity index (χ1) is 6.72. The maximum absolute atomic E-state index is 11.2. The van der Waals surface area contributed by atoms with Gasteiger partial charge in [0.25, 0.3) is 4.60 Å². The van der Waals surface area contributed by atoms with Gasteiger partial charge in [0.15, 0.2) is 6.20 Å². The Kier molecular flexibility index (Phi) is 2.29. The summed E-state index contributed by atoms with van der Waals surface area (Å²) in [5, 5.41) is 13.1. The quantitative estimate of drug-likeness (QED) is 0.444. The Bertz CT molecular complexity index is 485. The number of aromatic nitrogens is 1. The fourth-order valence-corrected chi connectivity index (χ4v) is 1.80. The van der Waals surface area contributed by atoms with E-state index in [0.717, 1.165) is 21.3 Å². The highest BCUT2D eigenvalue weighted by molar-refractivity contribution is 9.10. The van der Waals surface area contributed by atoms with E-state index in [9.17, 15) is 5.21 Å². The van der Waals surface area contributed by atoms with Gasteiger partial charge in [-0.2, -0.15) is 4.73 Å². The Hall–Kier alpha value is -1.29. The van der Waals surface area contributed by atoms with Crippen molar-refractivity contribution >= 4 is 26.7 Å². The molecular weight excluding hydrogens is 246 g/mol. The molecule has 0 saturated heterocycles. The summed E-state index contributed by atoms with van der Waals surface area (Å²) in [5.74, 6) is 0.785. The van der Waals surface area contributed by atoms with Gasteiger partial charge in [0.2, 0.25) is 0 Å². The highest BCUT2D eigenvalue weighted by Crippen LogP contribution is 2.24. The zero-order valence-corrected chi connectivity index (χ0v) is 9.11. The number of hydrogen-bond acceptors (Lipinski definition) is 2. The van der Waals surface area contributed by atoms with E-state index in [2.05, 4.69) is 15.9 Å². The minimum atomic E-state index is 0.526. The molecule has 4 heteroatoms. The molecular formula is C10H8BrNO2. The summed E-state index contributed by atoms with van der Waals surface area (Å²) < 4.78 is 6.40. The average molecular weight is 254 g/mol. The second-order valence-electron chi connectivity index (χ2n) is 2.89. The van der Waals surface area contributed by atoms with Crippen LogP contribution in [0.5, 0.6) is 5.75 Å². The van der Waals surface area contributed by atoms with Crippen molar-refractivity contribution < 1.29 is 9.47 Å². The summed E-state index contributed by atoms with van der Waals surface area (Å²) in [6.45, 7) is 0. The number of nitrogens with zero attached hydrogens (tertiary/aromatic N) is 1. The molecule has 2 rings (SSSR count). The number of halogens is 1. The smallest absolute Gasteiger partial charge is 0.267 e. The summed E-state index contributed by atoms with van der Waals surface area (Å²) in [5.41, 5.74) is 0. The second kappa shape index (κ2) is 3.46. The molecule has 0 unspecified atom stereocenters. The molecule has 14 heavy (non-hydrogen) atoms. The fourth-order valence-electron chi connectivity index (χ4n) is 1.33. The lowest BCUT2D eigenvalue weighted by Crippen LogP contribution is -2.26. The van der Waals surface area contributed by atoms with Crippen LogP contribution in [0.15, 0.2) is 35.1 Å². The Balaban J connectivity index is 2.74. The summed E-state index contributed by atoms with van der Waals surface area (Å²) in [6.07, 6.45) is 1.46. The van der Waals surface area contributed by atoms with Crippen LogP contribution in [0.1, 0.15) is 0 Å². The molecule has 0 N–H and O–H groups in total. The van der Waals surface area contributed by atoms with Gasteiger partial charge in [0.1, 0.15) is 5.75 Å². The van der Waals surface area contributed by atoms with Gasteiger partial charge in [-0.15, -0.1) is 0 Å². The van der Waals surface area contributed by atoms with E-state index in [-0.39, 0.29) is 0 Å². The van der Waals surface area contributed by atoms with Crippen molar-refractivity contribution in [2.45, 2.75) is 0 Å². The zero-order valence-electron chi connectivity index (χ0n) is 7.53. The third kappa shape index (κ3) is 1.42. The Morgan fingerprint density at radius 3 is 2.86 bits per heavy atom. The standard InChI is InChI=1S/C10H8BrNO2/c1-14-8-2-3-9-7(6-8)4-5-12(13)10(9)11/h2-6H,1H3. The van der Waals surface area contributed by atoms with E-state index in [0.29, 0.717) is 4.60 Å². The number of hydrogen-bond donors (Lipinski definition) is 0. The van der Waals surface area contributed by atoms with Gasteiger partial charge in [0.05, 0.1) is 12.5 Å². The molecule has 0 amide bonds. The SMILES string of the molecule is COc1ccc2c(Br)[n+]([O-])ccc2c1. The maximum Gasteiger partial charge on any atom is 0.267 e. The fraction of sp³-hybridized carbons (Fsp3) is 0.100. The predicted octanol–water partition coefficient (Wildman–Crippen LogP) is 2.24. The molecule has 72 valence electrons. The van der Waals surface area contributed by atoms with Gasteiger partial charge in [-0.3, -0.25) is 0 Å². The number of methoxy groups -OCH3 is 1. The molecule has 2 aromatic rings. The summed E-state index contributed by atoms with van der Waals surface area (Å²) >= 11 is 3.24. The van der Waals surface area contributed by atoms with Crippen LogP contribution >= 0.6 is 15.9 Å². The third-order valence-electron chi connectivity index (χ3n) is 2.06. The Labute approximate surface area is 89.6 Å². The molecule has 1 aromatic heterocycles. The van der Waals surface area contributed by atoms with Crippen LogP contribution in [0.3, 0.4) is 0 Å². The predicted molar refractivity (Wildman–Crippen MR) is 57.2 cm³/mol. The lowest BCUT2D eigenvalue weighted by Gasteiger charge is -2.04. The molecule has 0 fully saturated rings. The summed E-state index contributed by atoms with van der Waals surface area (Å²) in [6, 6.07) is 7.33. The molecule has 0 radical (unpaired) electrons. The first-order valence-electron chi connectivity index (χ1n) is 4.08. The maximum atomic E-state index is 11.2. The molecule has 0 aliphatic carbocycles. The van der Waals surface area contributed by atoms with Gasteiger partial charge in [0, 0.05) is 22.0 Å². The Morgan fingerprint density at radius 1 is 1.36 bits per heavy atom. The highest BCUT2D eigenvalue weighted by atomic mass is 79.9. The van der Waals surface area contributed by atoms with E-state index in [1.807, 2.05) is 18.2 Å². The lowest BCUT2D eigenvalue weighted by molar-refractivity contribution is -0.615. The van der Waals surface area contributed by atoms with Crippen molar-refractivity contribution in [2.75, 3.05) is 7.11 Å². The normalized spacial score (nSPS) is 10.4. The van der Waals surface area contributed by atoms with Crippen LogP contribution < -0.4 is 9.47 Å². The van der Waals surface area contributed by atoms with Crippen LogP contribution in [0.2, 0.25) is 0 Å². The molecule has 3 nitrogen and oxygen atoms in total. The van der Waals surface area contributed by atoms with E-state index < -0.39 is 0 Å². The monoisotopic (exact) mass is 253 g/mol. The van der Waals surface area contributed by atoms with Crippen molar-refractivity contribution in [3.05, 3.63) is 40.3 Å². The summed E-state index contributed by atoms with van der Waals surface area (Å²) in [4.78, 5) is 0. The molecule has 0 saturated carbocycles. The number of rotatable bonds is 1. The zero-order chi connectivity index (χ0) is 10.1. The van der Waals surface area contributed by atoms with Gasteiger partial charge in [-0.1, -0.05) is 0 Å². The average Bonchev–Trinajstić information content (AvgIpc) is 2.23. The molecule has 0 aliphatic rings. The van der Waals surface area contributed by atoms with E-state index in [1.54, 1.807) is 13.2 Å². The summed E-state index contributed by atoms with van der Waals surface area (Å²) in [7, 11) is 1.62. The topological polar surface area (TPSA) is 36.2 Å². The van der Waals surface area contributed by atoms with Crippen molar-refractivity contribution in [1.29, 1.82) is 0 Å². The van der Waals surface area contributed by atoms with Crippen LogP contribution in [0, 0.1) is 5.21 Å². The van der Waals surface area contributed by atoms with Crippen molar-refractivity contribution in [2.24, 2.45) is 0 Å². The van der Waals surface area contributed by atoms with E-state index >= 15 is 0 Å². The molecule has 0 atom stereocenters. The van der Waals surface area contributed by atoms with Crippen molar-refractivity contribution in [1.82, 2.24) is 0 Å². The van der Waals surface area contributed by atoms with Crippen molar-refractivity contribution in [3.8, 4) is 5.75 Å². The van der Waals surface area contributed by atoms with Crippen molar-refractivity contribution in [3.63, 3.8) is 0 Å². The minimum Gasteiger partial charge on any atom is -0.618 e. The van der Waals surface area contributed by atoms with E-state index in [4.69, 9.17) is 4.74 Å². The largest absolute Gasteiger partial charge is 0.618 e. The second-order valence-corrected chi connectivity index (χ2v) is 3.64. The molecule has 0 bridgehead atoms. The first-order valence-corrected chi connectivity index (χ1v) is 4.87. The van der Waals surface area contributed by atoms with Crippen LogP contribution in [-0.4, -0.2) is 7.11 Å². The van der Waals surface area contributed by atoms with Crippen LogP contribution in [-0.2, 0) is 0 Å². The van der Waals surface area contributed by atoms with Gasteiger partial charge >= 0.3 is 0 Å². The van der Waals surface area contributed by atoms with Crippen LogP contribution in [0.25, 0.3) is 10.8 Å². The van der Waals surface area contributed by atoms with Crippen LogP contribution in [0.4, 0.5) is 0 Å².